The summed E-state index contributed by atoms with van der Waals surface area (Å²) in [6.45, 7) is 0. The Morgan fingerprint density at radius 2 is 2.04 bits per heavy atom. The van der Waals surface area contributed by atoms with Crippen LogP contribution in [0.25, 0.3) is 22.4 Å². The molecule has 0 atom stereocenters. The third-order valence-electron chi connectivity index (χ3n) is 4.14. The number of benzene rings is 2. The van der Waals surface area contributed by atoms with Gasteiger partial charge in [0.2, 0.25) is 5.65 Å². The number of methoxy groups -OCH3 is 1. The summed E-state index contributed by atoms with van der Waals surface area (Å²) in [5, 5.41) is 18.6. The smallest absolute Gasteiger partial charge is 0.256 e. The Kier molecular flexibility index (Phi) is 4.40. The Hall–Kier alpha value is -4.25. The van der Waals surface area contributed by atoms with Gasteiger partial charge < -0.3 is 10.1 Å². The number of aromatic nitrogens is 4. The second-order valence-electron chi connectivity index (χ2n) is 5.90. The average molecular weight is 370 g/mol. The number of hydrogen-bond acceptors (Lipinski definition) is 6. The predicted octanol–water partition coefficient (Wildman–Crippen LogP) is 3.15. The van der Waals surface area contributed by atoms with Crippen molar-refractivity contribution in [2.24, 2.45) is 0 Å². The lowest BCUT2D eigenvalue weighted by molar-refractivity contribution is 0.102. The average Bonchev–Trinajstić information content (AvgIpc) is 3.15. The van der Waals surface area contributed by atoms with Crippen LogP contribution in [0.5, 0.6) is 5.75 Å². The van der Waals surface area contributed by atoms with Crippen molar-refractivity contribution >= 4 is 22.9 Å². The molecule has 0 aliphatic carbocycles. The van der Waals surface area contributed by atoms with Gasteiger partial charge >= 0.3 is 0 Å². The van der Waals surface area contributed by atoms with E-state index in [2.05, 4.69) is 25.5 Å². The maximum absolute atomic E-state index is 12.5. The molecule has 2 heterocycles. The minimum Gasteiger partial charge on any atom is -0.497 e. The van der Waals surface area contributed by atoms with Crippen molar-refractivity contribution in [1.29, 1.82) is 5.26 Å². The van der Waals surface area contributed by atoms with E-state index in [1.807, 2.05) is 30.3 Å². The Labute approximate surface area is 159 Å². The van der Waals surface area contributed by atoms with Crippen LogP contribution in [0, 0.1) is 11.3 Å². The van der Waals surface area contributed by atoms with Gasteiger partial charge in [0.15, 0.2) is 11.3 Å². The van der Waals surface area contributed by atoms with Crippen LogP contribution in [0.3, 0.4) is 0 Å². The van der Waals surface area contributed by atoms with E-state index in [0.717, 1.165) is 11.3 Å². The summed E-state index contributed by atoms with van der Waals surface area (Å²) in [4.78, 5) is 21.4. The number of ether oxygens (including phenoxy) is 1. The number of nitriles is 1. The molecule has 0 fully saturated rings. The van der Waals surface area contributed by atoms with Gasteiger partial charge in [-0.1, -0.05) is 6.07 Å². The maximum atomic E-state index is 12.5. The molecule has 0 bridgehead atoms. The number of carbonyl (C=O) groups is 1. The van der Waals surface area contributed by atoms with Gasteiger partial charge in [0.25, 0.3) is 5.91 Å². The second-order valence-corrected chi connectivity index (χ2v) is 5.90. The van der Waals surface area contributed by atoms with Crippen LogP contribution in [-0.4, -0.2) is 33.2 Å². The topological polar surface area (TPSA) is 117 Å². The number of aromatic amines is 1. The number of carbonyl (C=O) groups excluding carboxylic acids is 1. The molecule has 4 aromatic rings. The van der Waals surface area contributed by atoms with Gasteiger partial charge in [-0.25, -0.2) is 9.97 Å². The summed E-state index contributed by atoms with van der Waals surface area (Å²) in [7, 11) is 1.60. The normalized spacial score (nSPS) is 10.4. The number of nitrogens with one attached hydrogen (secondary N) is 2. The fourth-order valence-electron chi connectivity index (χ4n) is 2.70. The first kappa shape index (κ1) is 17.2. The molecule has 0 aliphatic rings. The van der Waals surface area contributed by atoms with Crippen LogP contribution in [0.1, 0.15) is 15.9 Å². The van der Waals surface area contributed by atoms with Crippen LogP contribution in [0.2, 0.25) is 0 Å². The van der Waals surface area contributed by atoms with Crippen molar-refractivity contribution in [3.8, 4) is 23.1 Å². The monoisotopic (exact) mass is 370 g/mol. The molecular formula is C20H14N6O2. The fourth-order valence-corrected chi connectivity index (χ4v) is 2.70. The quantitative estimate of drug-likeness (QED) is 0.570. The van der Waals surface area contributed by atoms with E-state index in [1.54, 1.807) is 31.5 Å². The molecule has 8 heteroatoms. The number of H-pyrrole nitrogens is 1. The fraction of sp³-hybridized carbons (Fsp3) is 0.0500. The van der Waals surface area contributed by atoms with Crippen LogP contribution >= 0.6 is 0 Å². The third kappa shape index (κ3) is 3.24. The summed E-state index contributed by atoms with van der Waals surface area (Å²) in [5.41, 5.74) is 3.09. The van der Waals surface area contributed by atoms with Gasteiger partial charge in [0, 0.05) is 11.1 Å². The highest BCUT2D eigenvalue weighted by Crippen LogP contribution is 2.24. The van der Waals surface area contributed by atoms with Crippen LogP contribution in [0.15, 0.2) is 54.7 Å². The first-order valence-corrected chi connectivity index (χ1v) is 8.35. The Morgan fingerprint density at radius 1 is 1.21 bits per heavy atom. The predicted molar refractivity (Wildman–Crippen MR) is 103 cm³/mol. The lowest BCUT2D eigenvalue weighted by Crippen LogP contribution is -2.12. The van der Waals surface area contributed by atoms with E-state index in [0.29, 0.717) is 33.8 Å². The van der Waals surface area contributed by atoms with Gasteiger partial charge in [-0.15, -0.1) is 0 Å². The largest absolute Gasteiger partial charge is 0.497 e. The standard InChI is InChI=1S/C20H14N6O2/c1-28-15-7-5-13(6-8-15)16-11-22-18-17(23-16)19(26-25-18)24-20(27)14-4-2-3-12(9-14)10-21/h2-9,11H,1H3,(H2,22,24,25,26,27). The molecule has 0 aliphatic heterocycles. The zero-order valence-corrected chi connectivity index (χ0v) is 14.8. The number of nitrogens with zero attached hydrogens (tertiary/aromatic N) is 4. The maximum Gasteiger partial charge on any atom is 0.256 e. The molecule has 4 rings (SSSR count). The lowest BCUT2D eigenvalue weighted by atomic mass is 10.1. The number of hydrogen-bond donors (Lipinski definition) is 2. The van der Waals surface area contributed by atoms with Gasteiger partial charge in [0.05, 0.1) is 30.6 Å². The second kappa shape index (κ2) is 7.17. The first-order chi connectivity index (χ1) is 13.7. The highest BCUT2D eigenvalue weighted by atomic mass is 16.5. The third-order valence-corrected chi connectivity index (χ3v) is 4.14. The molecule has 8 nitrogen and oxygen atoms in total. The number of anilines is 1. The highest BCUT2D eigenvalue weighted by Gasteiger charge is 2.14. The first-order valence-electron chi connectivity index (χ1n) is 8.35. The van der Waals surface area contributed by atoms with Crippen LogP contribution < -0.4 is 10.1 Å². The molecule has 0 radical (unpaired) electrons. The van der Waals surface area contributed by atoms with E-state index in [1.165, 1.54) is 6.07 Å². The summed E-state index contributed by atoms with van der Waals surface area (Å²) < 4.78 is 5.17. The molecular weight excluding hydrogens is 356 g/mol. The van der Waals surface area contributed by atoms with E-state index < -0.39 is 0 Å². The van der Waals surface area contributed by atoms with Crippen LogP contribution in [-0.2, 0) is 0 Å². The van der Waals surface area contributed by atoms with Crippen molar-refractivity contribution in [3.63, 3.8) is 0 Å². The van der Waals surface area contributed by atoms with E-state index in [4.69, 9.17) is 10.00 Å². The molecule has 0 spiro atoms. The Balaban J connectivity index is 1.66. The van der Waals surface area contributed by atoms with Gasteiger partial charge in [0.1, 0.15) is 5.75 Å². The number of amides is 1. The van der Waals surface area contributed by atoms with E-state index in [-0.39, 0.29) is 5.91 Å². The molecule has 0 saturated carbocycles. The SMILES string of the molecule is COc1ccc(-c2cnc3n[nH]c(NC(=O)c4cccc(C#N)c4)c3n2)cc1. The molecule has 2 aromatic carbocycles. The van der Waals surface area contributed by atoms with Gasteiger partial charge in [-0.2, -0.15) is 10.4 Å². The number of rotatable bonds is 4. The zero-order chi connectivity index (χ0) is 19.5. The van der Waals surface area contributed by atoms with E-state index in [9.17, 15) is 4.79 Å². The molecule has 1 amide bonds. The Bertz CT molecular complexity index is 1210. The van der Waals surface area contributed by atoms with Gasteiger partial charge in [-0.05, 0) is 42.5 Å². The molecule has 2 aromatic heterocycles. The molecule has 0 saturated heterocycles. The van der Waals surface area contributed by atoms with Crippen molar-refractivity contribution in [3.05, 3.63) is 65.9 Å². The highest BCUT2D eigenvalue weighted by molar-refractivity contribution is 6.07. The van der Waals surface area contributed by atoms with Crippen molar-refractivity contribution in [2.75, 3.05) is 12.4 Å². The zero-order valence-electron chi connectivity index (χ0n) is 14.8. The number of fused-ring (bicyclic) bond motifs is 1. The summed E-state index contributed by atoms with van der Waals surface area (Å²) >= 11 is 0. The minimum atomic E-state index is -0.376. The summed E-state index contributed by atoms with van der Waals surface area (Å²) in [5.74, 6) is 0.707. The van der Waals surface area contributed by atoms with Crippen molar-refractivity contribution < 1.29 is 9.53 Å². The lowest BCUT2D eigenvalue weighted by Gasteiger charge is -2.05. The molecule has 28 heavy (non-hydrogen) atoms. The van der Waals surface area contributed by atoms with Crippen molar-refractivity contribution in [2.45, 2.75) is 0 Å². The summed E-state index contributed by atoms with van der Waals surface area (Å²) in [6.07, 6.45) is 1.62. The summed E-state index contributed by atoms with van der Waals surface area (Å²) in [6, 6.07) is 15.9. The van der Waals surface area contributed by atoms with Crippen LogP contribution in [0.4, 0.5) is 5.82 Å². The Morgan fingerprint density at radius 3 is 2.79 bits per heavy atom. The van der Waals surface area contributed by atoms with E-state index >= 15 is 0 Å². The van der Waals surface area contributed by atoms with Gasteiger partial charge in [-0.3, -0.25) is 9.89 Å². The molecule has 0 unspecified atom stereocenters. The minimum absolute atomic E-state index is 0.338. The van der Waals surface area contributed by atoms with Crippen molar-refractivity contribution in [1.82, 2.24) is 20.2 Å². The molecule has 136 valence electrons. The molecule has 2 N–H and O–H groups in total.